The van der Waals surface area contributed by atoms with Crippen molar-refractivity contribution in [3.63, 3.8) is 0 Å². The predicted octanol–water partition coefficient (Wildman–Crippen LogP) is 1.82. The van der Waals surface area contributed by atoms with Gasteiger partial charge in [0.05, 0.1) is 19.8 Å². The molecule has 3 atom stereocenters. The summed E-state index contributed by atoms with van der Waals surface area (Å²) >= 11 is 1.53. The number of carboxylic acids is 2. The Bertz CT molecular complexity index is 1820. The van der Waals surface area contributed by atoms with Crippen LogP contribution in [0.3, 0.4) is 0 Å². The van der Waals surface area contributed by atoms with E-state index >= 15 is 0 Å². The van der Waals surface area contributed by atoms with Gasteiger partial charge in [0.25, 0.3) is 5.91 Å². The van der Waals surface area contributed by atoms with Gasteiger partial charge in [-0.1, -0.05) is 46.6 Å². The number of unbranched alkanes of at least 4 members (excludes halogenated alkanes) is 1. The van der Waals surface area contributed by atoms with Crippen molar-refractivity contribution in [3.8, 4) is 0 Å². The number of carbonyl (C=O) groups excluding carboxylic acids is 7. The Morgan fingerprint density at radius 2 is 1.24 bits per heavy atom. The van der Waals surface area contributed by atoms with E-state index in [-0.39, 0.29) is 82.3 Å². The molecule has 12 N–H and O–H groups in total. The Morgan fingerprint density at radius 3 is 1.86 bits per heavy atom. The van der Waals surface area contributed by atoms with Crippen LogP contribution in [-0.2, 0) is 47.8 Å². The molecule has 23 heteroatoms. The fourth-order valence-corrected chi connectivity index (χ4v) is 7.80. The Hall–Kier alpha value is -5.52. The van der Waals surface area contributed by atoms with Gasteiger partial charge in [0.2, 0.25) is 35.4 Å². The molecule has 7 amide bonds. The molecule has 1 aromatic rings. The lowest BCUT2D eigenvalue weighted by molar-refractivity contribution is -0.143. The number of amides is 7. The third-order valence-corrected chi connectivity index (χ3v) is 11.3. The van der Waals surface area contributed by atoms with Crippen molar-refractivity contribution in [1.29, 1.82) is 0 Å². The molecule has 396 valence electrons. The Balaban J connectivity index is 2.32. The minimum atomic E-state index is -1.44. The second-order valence-corrected chi connectivity index (χ2v) is 19.5. The fraction of sp³-hybridized carbons (Fsp3) is 0.681. The van der Waals surface area contributed by atoms with Gasteiger partial charge in [0.15, 0.2) is 0 Å². The van der Waals surface area contributed by atoms with Crippen molar-refractivity contribution in [2.24, 2.45) is 16.6 Å². The standard InChI is InChI=1S/C47H79N9O13S/c1-7-21-50-33-15-13-32(14-16-33)43(63)52-22-9-8-11-34(42(48)62)54-41(61)29-69-26-25-68-24-23-51-38(58)19-17-35(44(64)65)55-39(59)20-18-36(45(66)67)56-40(60)28-46(2,3)30-47(4,5)31-53-37(57)12-10-27-70-49-6/h13-16,34-36,49-50H,7-12,17-31H2,1-6H3,(H2,48,62)(H,51,58)(H,52,63)(H,53,57)(H,54,61)(H,55,59)(H,56,60)(H,64,65)(H,66,67). The highest BCUT2D eigenvalue weighted by Crippen LogP contribution is 2.36. The lowest BCUT2D eigenvalue weighted by Gasteiger charge is -2.35. The molecule has 3 unspecified atom stereocenters. The first-order chi connectivity index (χ1) is 33.1. The van der Waals surface area contributed by atoms with E-state index in [4.69, 9.17) is 15.2 Å². The monoisotopic (exact) mass is 1010 g/mol. The molecule has 0 radical (unpaired) electrons. The lowest BCUT2D eigenvalue weighted by atomic mass is 9.73. The first kappa shape index (κ1) is 62.5. The molecule has 0 aliphatic carbocycles. The summed E-state index contributed by atoms with van der Waals surface area (Å²) in [6.45, 7) is 11.2. The van der Waals surface area contributed by atoms with Crippen LogP contribution in [-0.4, -0.2) is 147 Å². The Kier molecular flexibility index (Phi) is 31.0. The summed E-state index contributed by atoms with van der Waals surface area (Å²) in [7, 11) is 1.82. The first-order valence-corrected chi connectivity index (χ1v) is 24.8. The molecule has 0 heterocycles. The first-order valence-electron chi connectivity index (χ1n) is 23.8. The summed E-state index contributed by atoms with van der Waals surface area (Å²) in [6.07, 6.45) is 2.76. The number of nitrogens with two attached hydrogens (primary N) is 1. The maximum absolute atomic E-state index is 13.0. The zero-order chi connectivity index (χ0) is 52.5. The van der Waals surface area contributed by atoms with Crippen LogP contribution in [0.1, 0.15) is 122 Å². The van der Waals surface area contributed by atoms with E-state index in [2.05, 4.69) is 48.9 Å². The molecule has 0 aliphatic heterocycles. The number of primary amides is 1. The minimum absolute atomic E-state index is 0.0186. The smallest absolute Gasteiger partial charge is 0.326 e. The van der Waals surface area contributed by atoms with Gasteiger partial charge in [0.1, 0.15) is 24.7 Å². The molecule has 0 saturated carbocycles. The summed E-state index contributed by atoms with van der Waals surface area (Å²) < 4.78 is 13.7. The molecule has 0 saturated heterocycles. The predicted molar refractivity (Wildman–Crippen MR) is 265 cm³/mol. The number of anilines is 1. The van der Waals surface area contributed by atoms with Gasteiger partial charge in [-0.05, 0) is 93.5 Å². The molecular weight excluding hydrogens is 931 g/mol. The summed E-state index contributed by atoms with van der Waals surface area (Å²) in [6, 6.07) is 3.40. The summed E-state index contributed by atoms with van der Waals surface area (Å²) in [5.41, 5.74) is 5.99. The van der Waals surface area contributed by atoms with Gasteiger partial charge in [-0.2, -0.15) is 0 Å². The third kappa shape index (κ3) is 30.2. The zero-order valence-electron chi connectivity index (χ0n) is 41.8. The van der Waals surface area contributed by atoms with Gasteiger partial charge in [0, 0.05) is 68.9 Å². The van der Waals surface area contributed by atoms with Crippen molar-refractivity contribution in [2.45, 2.75) is 130 Å². The molecular formula is C47H79N9O13S. The normalized spacial score (nSPS) is 12.7. The van der Waals surface area contributed by atoms with Crippen LogP contribution in [0.5, 0.6) is 0 Å². The van der Waals surface area contributed by atoms with E-state index in [1.165, 1.54) is 11.9 Å². The van der Waals surface area contributed by atoms with Crippen LogP contribution in [0.2, 0.25) is 0 Å². The topological polar surface area (TPSA) is 335 Å². The van der Waals surface area contributed by atoms with Crippen molar-refractivity contribution in [3.05, 3.63) is 29.8 Å². The quantitative estimate of drug-likeness (QED) is 0.0330. The Morgan fingerprint density at radius 1 is 0.643 bits per heavy atom. The molecule has 0 aromatic heterocycles. The van der Waals surface area contributed by atoms with E-state index in [9.17, 15) is 53.4 Å². The number of carboxylic acid groups (broad SMARTS) is 2. The van der Waals surface area contributed by atoms with Crippen LogP contribution in [0.25, 0.3) is 0 Å². The largest absolute Gasteiger partial charge is 0.480 e. The highest BCUT2D eigenvalue weighted by atomic mass is 32.2. The number of benzene rings is 1. The number of nitrogens with one attached hydrogen (secondary N) is 8. The van der Waals surface area contributed by atoms with E-state index in [0.717, 1.165) is 30.8 Å². The van der Waals surface area contributed by atoms with E-state index < -0.39 is 71.4 Å². The molecule has 0 fully saturated rings. The highest BCUT2D eigenvalue weighted by molar-refractivity contribution is 7.97. The lowest BCUT2D eigenvalue weighted by Crippen LogP contribution is -2.45. The highest BCUT2D eigenvalue weighted by Gasteiger charge is 2.33. The van der Waals surface area contributed by atoms with Gasteiger partial charge in [-0.3, -0.25) is 38.3 Å². The summed E-state index contributed by atoms with van der Waals surface area (Å²) in [5.74, 6) is -5.29. The molecule has 70 heavy (non-hydrogen) atoms. The second kappa shape index (κ2) is 34.7. The van der Waals surface area contributed by atoms with Crippen LogP contribution < -0.4 is 47.7 Å². The van der Waals surface area contributed by atoms with Crippen LogP contribution in [0.4, 0.5) is 5.69 Å². The summed E-state index contributed by atoms with van der Waals surface area (Å²) in [5, 5.41) is 38.3. The van der Waals surface area contributed by atoms with Crippen molar-refractivity contribution in [2.75, 3.05) is 70.7 Å². The number of hydrogen-bond acceptors (Lipinski definition) is 14. The van der Waals surface area contributed by atoms with Crippen molar-refractivity contribution in [1.82, 2.24) is 36.6 Å². The second-order valence-electron chi connectivity index (χ2n) is 18.4. The average molecular weight is 1010 g/mol. The maximum Gasteiger partial charge on any atom is 0.326 e. The summed E-state index contributed by atoms with van der Waals surface area (Å²) in [4.78, 5) is 111. The third-order valence-electron chi connectivity index (χ3n) is 10.5. The van der Waals surface area contributed by atoms with Gasteiger partial charge in [-0.15, -0.1) is 0 Å². The molecule has 0 aliphatic rings. The molecule has 0 spiro atoms. The maximum atomic E-state index is 13.0. The SMILES string of the molecule is CCCNc1ccc(C(=O)NCCCCC(NC(=O)COCCOCCNC(=O)CCC(NC(=O)CCC(NC(=O)CC(C)(C)CC(C)(C)CNC(=O)CCCSNC)C(=O)O)C(=O)O)C(N)=O)cc1. The van der Waals surface area contributed by atoms with Crippen molar-refractivity contribution >= 4 is 70.9 Å². The number of carbonyl (C=O) groups is 9. The van der Waals surface area contributed by atoms with Gasteiger partial charge in [-0.25, -0.2) is 9.59 Å². The van der Waals surface area contributed by atoms with Crippen LogP contribution >= 0.6 is 11.9 Å². The number of ether oxygens (including phenoxy) is 2. The van der Waals surface area contributed by atoms with Gasteiger partial charge < -0.3 is 62.6 Å². The minimum Gasteiger partial charge on any atom is -0.480 e. The van der Waals surface area contributed by atoms with E-state index in [1.807, 2.05) is 46.9 Å². The number of hydrogen-bond donors (Lipinski definition) is 11. The molecule has 1 aromatic carbocycles. The molecule has 22 nitrogen and oxygen atoms in total. The fourth-order valence-electron chi connectivity index (χ4n) is 7.31. The Labute approximate surface area is 416 Å². The van der Waals surface area contributed by atoms with Crippen LogP contribution in [0.15, 0.2) is 24.3 Å². The van der Waals surface area contributed by atoms with E-state index in [0.29, 0.717) is 44.3 Å². The number of aliphatic carboxylic acids is 2. The van der Waals surface area contributed by atoms with E-state index in [1.54, 1.807) is 12.1 Å². The zero-order valence-corrected chi connectivity index (χ0v) is 42.6. The molecule has 1 rings (SSSR count). The van der Waals surface area contributed by atoms with Gasteiger partial charge >= 0.3 is 11.9 Å². The average Bonchev–Trinajstić information content (AvgIpc) is 3.28. The number of rotatable bonds is 40. The van der Waals surface area contributed by atoms with Crippen molar-refractivity contribution < 1.29 is 62.8 Å². The van der Waals surface area contributed by atoms with Crippen LogP contribution in [0, 0.1) is 10.8 Å². The molecule has 0 bridgehead atoms.